The molecule has 0 spiro atoms. The summed E-state index contributed by atoms with van der Waals surface area (Å²) in [6, 6.07) is 11.8. The Morgan fingerprint density at radius 3 is 2.26 bits per heavy atom. The molecule has 31 heavy (non-hydrogen) atoms. The number of imide groups is 1. The molecule has 1 aliphatic rings. The van der Waals surface area contributed by atoms with E-state index in [0.29, 0.717) is 23.1 Å². The average molecular weight is 444 g/mol. The number of carbonyl (C=O) groups is 3. The van der Waals surface area contributed by atoms with Crippen molar-refractivity contribution in [2.45, 2.75) is 31.6 Å². The minimum atomic E-state index is -3.66. The van der Waals surface area contributed by atoms with Crippen molar-refractivity contribution in [3.8, 4) is 0 Å². The molecule has 0 aromatic heterocycles. The van der Waals surface area contributed by atoms with Crippen molar-refractivity contribution in [1.29, 1.82) is 0 Å². The number of sulfonamides is 1. The van der Waals surface area contributed by atoms with Gasteiger partial charge in [-0.05, 0) is 49.6 Å². The minimum Gasteiger partial charge on any atom is -0.355 e. The van der Waals surface area contributed by atoms with Crippen LogP contribution in [0.15, 0.2) is 47.4 Å². The number of hydrogen-bond acceptors (Lipinski definition) is 5. The van der Waals surface area contributed by atoms with E-state index in [9.17, 15) is 22.8 Å². The summed E-state index contributed by atoms with van der Waals surface area (Å²) in [7, 11) is -3.66. The van der Waals surface area contributed by atoms with Crippen molar-refractivity contribution >= 4 is 27.7 Å². The largest absolute Gasteiger partial charge is 0.355 e. The minimum absolute atomic E-state index is 0.0554. The zero-order valence-electron chi connectivity index (χ0n) is 17.5. The number of nitrogens with zero attached hydrogens (tertiary/aromatic N) is 1. The van der Waals surface area contributed by atoms with Crippen molar-refractivity contribution < 1.29 is 22.8 Å². The maximum absolute atomic E-state index is 12.4. The molecule has 164 valence electrons. The Balaban J connectivity index is 1.40. The van der Waals surface area contributed by atoms with Gasteiger partial charge >= 0.3 is 0 Å². The van der Waals surface area contributed by atoms with E-state index in [4.69, 9.17) is 0 Å². The molecule has 0 unspecified atom stereocenters. The quantitative estimate of drug-likeness (QED) is 0.453. The van der Waals surface area contributed by atoms with Crippen LogP contribution in [-0.2, 0) is 14.8 Å². The summed E-state index contributed by atoms with van der Waals surface area (Å²) in [6.45, 7) is 3.89. The van der Waals surface area contributed by atoms with Crippen molar-refractivity contribution in [3.63, 3.8) is 0 Å². The highest BCUT2D eigenvalue weighted by Crippen LogP contribution is 2.22. The first-order valence-electron chi connectivity index (χ1n) is 9.99. The number of hydrogen-bond donors (Lipinski definition) is 2. The lowest BCUT2D eigenvalue weighted by Crippen LogP contribution is -2.35. The van der Waals surface area contributed by atoms with Crippen LogP contribution in [0.1, 0.15) is 44.7 Å². The van der Waals surface area contributed by atoms with E-state index in [0.717, 1.165) is 10.5 Å². The Kier molecular flexibility index (Phi) is 6.87. The Morgan fingerprint density at radius 2 is 1.61 bits per heavy atom. The molecular weight excluding hydrogens is 418 g/mol. The summed E-state index contributed by atoms with van der Waals surface area (Å²) < 4.78 is 27.3. The van der Waals surface area contributed by atoms with E-state index in [2.05, 4.69) is 10.0 Å². The third-order valence-electron chi connectivity index (χ3n) is 5.04. The van der Waals surface area contributed by atoms with Gasteiger partial charge < -0.3 is 5.32 Å². The number of fused-ring (bicyclic) bond motifs is 1. The highest BCUT2D eigenvalue weighted by Gasteiger charge is 2.34. The smallest absolute Gasteiger partial charge is 0.261 e. The number of amides is 3. The molecule has 2 N–H and O–H groups in total. The van der Waals surface area contributed by atoms with Crippen LogP contribution in [0.5, 0.6) is 0 Å². The molecular formula is C22H25N3O5S. The van der Waals surface area contributed by atoms with Gasteiger partial charge in [-0.3, -0.25) is 19.3 Å². The molecule has 1 aliphatic heterocycles. The molecule has 0 radical (unpaired) electrons. The number of carbonyl (C=O) groups excluding carboxylic acids is 3. The third kappa shape index (κ3) is 5.18. The van der Waals surface area contributed by atoms with E-state index in [1.54, 1.807) is 43.3 Å². The summed E-state index contributed by atoms with van der Waals surface area (Å²) >= 11 is 0. The number of benzene rings is 2. The van der Waals surface area contributed by atoms with E-state index < -0.39 is 10.0 Å². The third-order valence-corrected chi connectivity index (χ3v) is 6.64. The van der Waals surface area contributed by atoms with Gasteiger partial charge in [-0.1, -0.05) is 24.3 Å². The summed E-state index contributed by atoms with van der Waals surface area (Å²) in [4.78, 5) is 38.0. The Bertz CT molecular complexity index is 1090. The molecule has 2 aromatic carbocycles. The molecule has 3 rings (SSSR count). The lowest BCUT2D eigenvalue weighted by Gasteiger charge is -2.13. The van der Waals surface area contributed by atoms with Gasteiger partial charge in [0.25, 0.3) is 11.8 Å². The number of rotatable bonds is 9. The van der Waals surface area contributed by atoms with E-state index in [-0.39, 0.29) is 48.7 Å². The summed E-state index contributed by atoms with van der Waals surface area (Å²) in [5.41, 5.74) is 2.26. The van der Waals surface area contributed by atoms with Crippen molar-refractivity contribution in [2.75, 3.05) is 19.6 Å². The van der Waals surface area contributed by atoms with Crippen LogP contribution in [-0.4, -0.2) is 50.7 Å². The van der Waals surface area contributed by atoms with Crippen LogP contribution in [0, 0.1) is 13.8 Å². The Hall–Kier alpha value is -3.04. The van der Waals surface area contributed by atoms with Gasteiger partial charge in [0.05, 0.1) is 16.0 Å². The van der Waals surface area contributed by atoms with Crippen molar-refractivity contribution in [3.05, 3.63) is 64.7 Å². The standard InChI is InChI=1S/C22H25N3O5S/c1-15-9-10-16(2)19(14-15)31(29,30)24-12-11-23-20(26)8-5-13-25-21(27)17-6-3-4-7-18(17)22(25)28/h3-4,6-7,9-10,14,24H,5,8,11-13H2,1-2H3,(H,23,26). The predicted octanol–water partition coefficient (Wildman–Crippen LogP) is 1.77. The molecule has 0 aliphatic carbocycles. The summed E-state index contributed by atoms with van der Waals surface area (Å²) in [5, 5.41) is 2.64. The van der Waals surface area contributed by atoms with Gasteiger partial charge in [0.15, 0.2) is 0 Å². The predicted molar refractivity (Wildman–Crippen MR) is 115 cm³/mol. The molecule has 0 atom stereocenters. The monoisotopic (exact) mass is 443 g/mol. The van der Waals surface area contributed by atoms with Gasteiger partial charge in [-0.2, -0.15) is 0 Å². The normalized spacial score (nSPS) is 13.4. The van der Waals surface area contributed by atoms with Crippen LogP contribution in [0.2, 0.25) is 0 Å². The number of aryl methyl sites for hydroxylation is 2. The molecule has 3 amide bonds. The van der Waals surface area contributed by atoms with Gasteiger partial charge in [-0.25, -0.2) is 13.1 Å². The lowest BCUT2D eigenvalue weighted by atomic mass is 10.1. The van der Waals surface area contributed by atoms with Crippen LogP contribution in [0.25, 0.3) is 0 Å². The topological polar surface area (TPSA) is 113 Å². The Morgan fingerprint density at radius 1 is 0.968 bits per heavy atom. The van der Waals surface area contributed by atoms with E-state index >= 15 is 0 Å². The fraction of sp³-hybridized carbons (Fsp3) is 0.318. The van der Waals surface area contributed by atoms with Crippen LogP contribution in [0.4, 0.5) is 0 Å². The SMILES string of the molecule is Cc1ccc(C)c(S(=O)(=O)NCCNC(=O)CCCN2C(=O)c3ccccc3C2=O)c1. The Labute approximate surface area is 181 Å². The molecule has 2 aromatic rings. The van der Waals surface area contributed by atoms with Gasteiger partial charge in [0.2, 0.25) is 15.9 Å². The highest BCUT2D eigenvalue weighted by atomic mass is 32.2. The fourth-order valence-electron chi connectivity index (χ4n) is 3.39. The van der Waals surface area contributed by atoms with Crippen LogP contribution in [0.3, 0.4) is 0 Å². The van der Waals surface area contributed by atoms with Gasteiger partial charge in [0, 0.05) is 26.1 Å². The molecule has 0 bridgehead atoms. The maximum atomic E-state index is 12.4. The van der Waals surface area contributed by atoms with Crippen molar-refractivity contribution in [1.82, 2.24) is 14.9 Å². The molecule has 0 fully saturated rings. The van der Waals surface area contributed by atoms with Crippen LogP contribution < -0.4 is 10.0 Å². The molecule has 0 saturated carbocycles. The highest BCUT2D eigenvalue weighted by molar-refractivity contribution is 7.89. The zero-order valence-corrected chi connectivity index (χ0v) is 18.3. The van der Waals surface area contributed by atoms with E-state index in [1.807, 2.05) is 13.0 Å². The molecule has 9 heteroatoms. The van der Waals surface area contributed by atoms with Crippen LogP contribution >= 0.6 is 0 Å². The summed E-state index contributed by atoms with van der Waals surface area (Å²) in [6.07, 6.45) is 0.447. The molecule has 0 saturated heterocycles. The lowest BCUT2D eigenvalue weighted by molar-refractivity contribution is -0.121. The van der Waals surface area contributed by atoms with Gasteiger partial charge in [0.1, 0.15) is 0 Å². The summed E-state index contributed by atoms with van der Waals surface area (Å²) in [5.74, 6) is -0.966. The first-order chi connectivity index (χ1) is 14.7. The second-order valence-electron chi connectivity index (χ2n) is 7.43. The second kappa shape index (κ2) is 9.40. The first kappa shape index (κ1) is 22.6. The molecule has 8 nitrogen and oxygen atoms in total. The fourth-order valence-corrected chi connectivity index (χ4v) is 4.75. The first-order valence-corrected chi connectivity index (χ1v) is 11.5. The molecule has 1 heterocycles. The van der Waals surface area contributed by atoms with Crippen molar-refractivity contribution in [2.24, 2.45) is 0 Å². The van der Waals surface area contributed by atoms with E-state index in [1.165, 1.54) is 0 Å². The number of nitrogens with one attached hydrogen (secondary N) is 2. The zero-order chi connectivity index (χ0) is 22.6. The maximum Gasteiger partial charge on any atom is 0.261 e. The average Bonchev–Trinajstić information content (AvgIpc) is 2.98. The second-order valence-corrected chi connectivity index (χ2v) is 9.16. The van der Waals surface area contributed by atoms with Gasteiger partial charge in [-0.15, -0.1) is 0 Å².